The third kappa shape index (κ3) is 5.95. The number of hydrogen-bond acceptors (Lipinski definition) is 3. The van der Waals surface area contributed by atoms with Crippen molar-refractivity contribution in [1.29, 1.82) is 0 Å². The number of rotatable bonds is 8. The van der Waals surface area contributed by atoms with Gasteiger partial charge in [0, 0.05) is 11.6 Å². The summed E-state index contributed by atoms with van der Waals surface area (Å²) < 4.78 is 11.5. The summed E-state index contributed by atoms with van der Waals surface area (Å²) in [5, 5.41) is 3.61. The highest BCUT2D eigenvalue weighted by Crippen LogP contribution is 2.22. The summed E-state index contributed by atoms with van der Waals surface area (Å²) in [5.74, 6) is 1.29. The number of aryl methyl sites for hydroxylation is 1. The Hall–Kier alpha value is -2.20. The van der Waals surface area contributed by atoms with Crippen molar-refractivity contribution in [3.8, 4) is 11.5 Å². The SMILES string of the molecule is CC[C@H](Oc1ccc(Cl)c(C)c1)C(=O)NCc1cccc(OC(C)C)c1. The molecule has 0 bridgehead atoms. The Morgan fingerprint density at radius 1 is 1.12 bits per heavy atom. The molecule has 0 aromatic heterocycles. The number of amides is 1. The second kappa shape index (κ2) is 9.48. The average Bonchev–Trinajstić information content (AvgIpc) is 2.60. The molecule has 0 aliphatic rings. The quantitative estimate of drug-likeness (QED) is 0.713. The predicted octanol–water partition coefficient (Wildman–Crippen LogP) is 4.91. The summed E-state index contributed by atoms with van der Waals surface area (Å²) in [5.41, 5.74) is 1.90. The van der Waals surface area contributed by atoms with Gasteiger partial charge in [0.15, 0.2) is 6.10 Å². The second-order valence-electron chi connectivity index (χ2n) is 6.46. The Morgan fingerprint density at radius 3 is 2.50 bits per heavy atom. The van der Waals surface area contributed by atoms with Gasteiger partial charge < -0.3 is 14.8 Å². The molecule has 1 N–H and O–H groups in total. The van der Waals surface area contributed by atoms with E-state index in [1.807, 2.05) is 58.0 Å². The van der Waals surface area contributed by atoms with Gasteiger partial charge in [0.1, 0.15) is 11.5 Å². The minimum absolute atomic E-state index is 0.112. The summed E-state index contributed by atoms with van der Waals surface area (Å²) in [4.78, 5) is 12.5. The van der Waals surface area contributed by atoms with Crippen LogP contribution in [-0.4, -0.2) is 18.1 Å². The molecule has 2 aromatic rings. The molecule has 0 heterocycles. The van der Waals surface area contributed by atoms with Crippen LogP contribution in [0.2, 0.25) is 5.02 Å². The van der Waals surface area contributed by atoms with Gasteiger partial charge in [-0.25, -0.2) is 0 Å². The van der Waals surface area contributed by atoms with Gasteiger partial charge in [0.25, 0.3) is 5.91 Å². The van der Waals surface area contributed by atoms with Crippen molar-refractivity contribution in [3.63, 3.8) is 0 Å². The van der Waals surface area contributed by atoms with Crippen LogP contribution in [-0.2, 0) is 11.3 Å². The van der Waals surface area contributed by atoms with Crippen molar-refractivity contribution < 1.29 is 14.3 Å². The zero-order valence-electron chi connectivity index (χ0n) is 15.7. The summed E-state index contributed by atoms with van der Waals surface area (Å²) >= 11 is 6.03. The Labute approximate surface area is 160 Å². The fourth-order valence-electron chi connectivity index (χ4n) is 2.48. The van der Waals surface area contributed by atoms with Gasteiger partial charge in [-0.15, -0.1) is 0 Å². The number of ether oxygens (including phenoxy) is 2. The van der Waals surface area contributed by atoms with E-state index in [-0.39, 0.29) is 12.0 Å². The first kappa shape index (κ1) is 20.1. The first-order chi connectivity index (χ1) is 12.4. The third-order valence-electron chi connectivity index (χ3n) is 3.81. The maximum Gasteiger partial charge on any atom is 0.261 e. The fourth-order valence-corrected chi connectivity index (χ4v) is 2.60. The molecule has 0 unspecified atom stereocenters. The molecule has 1 atom stereocenters. The lowest BCUT2D eigenvalue weighted by Crippen LogP contribution is -2.37. The number of hydrogen-bond donors (Lipinski definition) is 1. The molecule has 0 saturated carbocycles. The van der Waals surface area contributed by atoms with E-state index >= 15 is 0 Å². The van der Waals surface area contributed by atoms with Crippen LogP contribution >= 0.6 is 11.6 Å². The van der Waals surface area contributed by atoms with Gasteiger partial charge in [-0.05, 0) is 68.7 Å². The molecule has 140 valence electrons. The van der Waals surface area contributed by atoms with Crippen molar-refractivity contribution in [2.75, 3.05) is 0 Å². The maximum absolute atomic E-state index is 12.5. The second-order valence-corrected chi connectivity index (χ2v) is 6.86. The Bertz CT molecular complexity index is 746. The van der Waals surface area contributed by atoms with Gasteiger partial charge >= 0.3 is 0 Å². The molecule has 0 aliphatic carbocycles. The first-order valence-corrected chi connectivity index (χ1v) is 9.23. The highest BCUT2D eigenvalue weighted by Gasteiger charge is 2.18. The zero-order chi connectivity index (χ0) is 19.1. The van der Waals surface area contributed by atoms with E-state index in [0.29, 0.717) is 23.7 Å². The van der Waals surface area contributed by atoms with Gasteiger partial charge in [-0.1, -0.05) is 30.7 Å². The normalized spacial score (nSPS) is 11.9. The lowest BCUT2D eigenvalue weighted by atomic mass is 10.2. The van der Waals surface area contributed by atoms with Crippen LogP contribution in [0.5, 0.6) is 11.5 Å². The first-order valence-electron chi connectivity index (χ1n) is 8.85. The third-order valence-corrected chi connectivity index (χ3v) is 4.23. The van der Waals surface area contributed by atoms with E-state index in [4.69, 9.17) is 21.1 Å². The van der Waals surface area contributed by atoms with Crippen LogP contribution in [0, 0.1) is 6.92 Å². The molecule has 1 amide bonds. The largest absolute Gasteiger partial charge is 0.491 e. The van der Waals surface area contributed by atoms with Crippen molar-refractivity contribution >= 4 is 17.5 Å². The van der Waals surface area contributed by atoms with Gasteiger partial charge in [0.05, 0.1) is 6.10 Å². The van der Waals surface area contributed by atoms with E-state index in [0.717, 1.165) is 16.9 Å². The van der Waals surface area contributed by atoms with Crippen LogP contribution in [0.25, 0.3) is 0 Å². The Balaban J connectivity index is 1.95. The number of benzene rings is 2. The van der Waals surface area contributed by atoms with Crippen molar-refractivity contribution in [2.24, 2.45) is 0 Å². The Morgan fingerprint density at radius 2 is 1.85 bits per heavy atom. The van der Waals surface area contributed by atoms with E-state index in [2.05, 4.69) is 5.32 Å². The lowest BCUT2D eigenvalue weighted by molar-refractivity contribution is -0.128. The zero-order valence-corrected chi connectivity index (χ0v) is 16.5. The highest BCUT2D eigenvalue weighted by molar-refractivity contribution is 6.31. The minimum atomic E-state index is -0.550. The molecule has 0 saturated heterocycles. The lowest BCUT2D eigenvalue weighted by Gasteiger charge is -2.18. The van der Waals surface area contributed by atoms with E-state index in [1.54, 1.807) is 12.1 Å². The topological polar surface area (TPSA) is 47.6 Å². The van der Waals surface area contributed by atoms with Gasteiger partial charge in [0.2, 0.25) is 0 Å². The smallest absolute Gasteiger partial charge is 0.261 e. The monoisotopic (exact) mass is 375 g/mol. The van der Waals surface area contributed by atoms with E-state index < -0.39 is 6.10 Å². The fraction of sp³-hybridized carbons (Fsp3) is 0.381. The number of halogens is 1. The molecular formula is C21H26ClNO3. The maximum atomic E-state index is 12.5. The van der Waals surface area contributed by atoms with Crippen LogP contribution in [0.15, 0.2) is 42.5 Å². The molecule has 26 heavy (non-hydrogen) atoms. The summed E-state index contributed by atoms with van der Waals surface area (Å²) in [6.07, 6.45) is 0.135. The molecule has 0 radical (unpaired) electrons. The van der Waals surface area contributed by atoms with Crippen LogP contribution in [0.1, 0.15) is 38.3 Å². The highest BCUT2D eigenvalue weighted by atomic mass is 35.5. The van der Waals surface area contributed by atoms with Gasteiger partial charge in [-0.2, -0.15) is 0 Å². The Kier molecular flexibility index (Phi) is 7.34. The molecule has 2 aromatic carbocycles. The number of carbonyl (C=O) groups is 1. The van der Waals surface area contributed by atoms with Crippen LogP contribution in [0.4, 0.5) is 0 Å². The minimum Gasteiger partial charge on any atom is -0.491 e. The summed E-state index contributed by atoms with van der Waals surface area (Å²) in [6, 6.07) is 13.1. The molecule has 0 fully saturated rings. The molecule has 2 rings (SSSR count). The van der Waals surface area contributed by atoms with Crippen LogP contribution < -0.4 is 14.8 Å². The number of nitrogens with one attached hydrogen (secondary N) is 1. The van der Waals surface area contributed by atoms with E-state index in [9.17, 15) is 4.79 Å². The van der Waals surface area contributed by atoms with Crippen molar-refractivity contribution in [2.45, 2.75) is 52.9 Å². The van der Waals surface area contributed by atoms with Crippen LogP contribution in [0.3, 0.4) is 0 Å². The average molecular weight is 376 g/mol. The number of carbonyl (C=O) groups excluding carboxylic acids is 1. The molecular weight excluding hydrogens is 350 g/mol. The predicted molar refractivity (Wildman–Crippen MR) is 105 cm³/mol. The molecule has 0 aliphatic heterocycles. The summed E-state index contributed by atoms with van der Waals surface area (Å²) in [6.45, 7) is 8.21. The standard InChI is InChI=1S/C21H26ClNO3/c1-5-20(26-18-9-10-19(22)15(4)11-18)21(24)23-13-16-7-6-8-17(12-16)25-14(2)3/h6-12,14,20H,5,13H2,1-4H3,(H,23,24)/t20-/m0/s1. The van der Waals surface area contributed by atoms with E-state index in [1.165, 1.54) is 0 Å². The van der Waals surface area contributed by atoms with Crippen molar-refractivity contribution in [1.82, 2.24) is 5.32 Å². The summed E-state index contributed by atoms with van der Waals surface area (Å²) in [7, 11) is 0. The molecule has 4 nitrogen and oxygen atoms in total. The molecule has 0 spiro atoms. The molecule has 5 heteroatoms. The van der Waals surface area contributed by atoms with Crippen molar-refractivity contribution in [3.05, 3.63) is 58.6 Å². The van der Waals surface area contributed by atoms with Gasteiger partial charge in [-0.3, -0.25) is 4.79 Å².